The van der Waals surface area contributed by atoms with Crippen LogP contribution in [0.3, 0.4) is 0 Å². The van der Waals surface area contributed by atoms with Crippen molar-refractivity contribution in [3.63, 3.8) is 0 Å². The van der Waals surface area contributed by atoms with E-state index >= 15 is 0 Å². The molecule has 4 aromatic rings. The molecule has 1 saturated carbocycles. The lowest BCUT2D eigenvalue weighted by Crippen LogP contribution is -2.52. The molecule has 178 valence electrons. The highest BCUT2D eigenvalue weighted by molar-refractivity contribution is 5.94. The van der Waals surface area contributed by atoms with E-state index in [-0.39, 0.29) is 36.3 Å². The predicted octanol–water partition coefficient (Wildman–Crippen LogP) is 2.52. The summed E-state index contributed by atoms with van der Waals surface area (Å²) in [4.78, 5) is 39.3. The van der Waals surface area contributed by atoms with E-state index in [0.717, 1.165) is 19.0 Å². The zero-order valence-electron chi connectivity index (χ0n) is 18.7. The third-order valence-electron chi connectivity index (χ3n) is 6.27. The molecule has 1 aliphatic carbocycles. The van der Waals surface area contributed by atoms with Gasteiger partial charge in [0.05, 0.1) is 30.6 Å². The normalized spacial score (nSPS) is 19.3. The summed E-state index contributed by atoms with van der Waals surface area (Å²) in [6.45, 7) is 0.206. The summed E-state index contributed by atoms with van der Waals surface area (Å²) in [5, 5.41) is 9.13. The highest BCUT2D eigenvalue weighted by atomic mass is 19.1. The zero-order valence-corrected chi connectivity index (χ0v) is 18.7. The molecule has 0 spiro atoms. The number of carbonyl (C=O) groups excluding carboxylic acids is 1. The van der Waals surface area contributed by atoms with Crippen molar-refractivity contribution in [2.75, 3.05) is 17.7 Å². The maximum absolute atomic E-state index is 13.4. The van der Waals surface area contributed by atoms with Crippen molar-refractivity contribution >= 4 is 34.4 Å². The summed E-state index contributed by atoms with van der Waals surface area (Å²) in [7, 11) is 1.74. The summed E-state index contributed by atoms with van der Waals surface area (Å²) < 4.78 is 22.2. The number of amides is 1. The lowest BCUT2D eigenvalue weighted by molar-refractivity contribution is -0.0324. The van der Waals surface area contributed by atoms with Crippen LogP contribution in [0.15, 0.2) is 47.8 Å². The molecule has 1 amide bonds. The summed E-state index contributed by atoms with van der Waals surface area (Å²) in [6.07, 6.45) is 5.51. The number of rotatable bonds is 2. The molecular formula is C23H21FN8O3. The number of ether oxygens (including phenoxy) is 1. The molecule has 12 heteroatoms. The van der Waals surface area contributed by atoms with Gasteiger partial charge in [-0.3, -0.25) is 9.36 Å². The minimum absolute atomic E-state index is 0.155. The molecule has 0 unspecified atom stereocenters. The second-order valence-corrected chi connectivity index (χ2v) is 8.47. The van der Waals surface area contributed by atoms with Crippen molar-refractivity contribution in [3.8, 4) is 5.82 Å². The minimum Gasteiger partial charge on any atom is -0.386 e. The van der Waals surface area contributed by atoms with Crippen molar-refractivity contribution in [1.29, 1.82) is 0 Å². The van der Waals surface area contributed by atoms with E-state index in [1.165, 1.54) is 27.6 Å². The maximum Gasteiger partial charge on any atom is 0.328 e. The number of aromatic nitrogens is 5. The van der Waals surface area contributed by atoms with E-state index in [1.54, 1.807) is 25.4 Å². The summed E-state index contributed by atoms with van der Waals surface area (Å²) in [6, 6.07) is 5.57. The zero-order chi connectivity index (χ0) is 24.1. The van der Waals surface area contributed by atoms with Gasteiger partial charge in [0.15, 0.2) is 5.65 Å². The van der Waals surface area contributed by atoms with Gasteiger partial charge < -0.3 is 20.7 Å². The van der Waals surface area contributed by atoms with Crippen LogP contribution in [0, 0.1) is 5.82 Å². The van der Waals surface area contributed by atoms with Crippen molar-refractivity contribution < 1.29 is 13.9 Å². The Bertz CT molecular complexity index is 1510. The van der Waals surface area contributed by atoms with Gasteiger partial charge >= 0.3 is 6.03 Å². The van der Waals surface area contributed by atoms with E-state index in [0.29, 0.717) is 28.2 Å². The van der Waals surface area contributed by atoms with Gasteiger partial charge in [-0.15, -0.1) is 0 Å². The largest absolute Gasteiger partial charge is 0.386 e. The molecular weight excluding hydrogens is 455 g/mol. The first kappa shape index (κ1) is 21.2. The van der Waals surface area contributed by atoms with Gasteiger partial charge in [-0.05, 0) is 36.6 Å². The molecule has 0 radical (unpaired) electrons. The molecule has 1 fully saturated rings. The van der Waals surface area contributed by atoms with Gasteiger partial charge in [-0.2, -0.15) is 0 Å². The fourth-order valence-corrected chi connectivity index (χ4v) is 4.28. The Morgan fingerprint density at radius 1 is 1.17 bits per heavy atom. The number of pyridine rings is 3. The topological polar surface area (TPSA) is 128 Å². The monoisotopic (exact) mass is 476 g/mol. The fraction of sp³-hybridized carbons (Fsp3) is 0.261. The third kappa shape index (κ3) is 3.67. The maximum atomic E-state index is 13.4. The Labute approximate surface area is 198 Å². The highest BCUT2D eigenvalue weighted by Gasteiger charge is 2.34. The lowest BCUT2D eigenvalue weighted by Gasteiger charge is -2.36. The second-order valence-electron chi connectivity index (χ2n) is 8.47. The lowest BCUT2D eigenvalue weighted by atomic mass is 9.89. The highest BCUT2D eigenvalue weighted by Crippen LogP contribution is 2.28. The van der Waals surface area contributed by atoms with Gasteiger partial charge in [-0.1, -0.05) is 0 Å². The van der Waals surface area contributed by atoms with Gasteiger partial charge in [-0.25, -0.2) is 28.7 Å². The number of fused-ring (bicyclic) bond motifs is 4. The number of carbonyl (C=O) groups is 1. The third-order valence-corrected chi connectivity index (χ3v) is 6.27. The van der Waals surface area contributed by atoms with Crippen LogP contribution in [0.5, 0.6) is 0 Å². The van der Waals surface area contributed by atoms with Crippen LogP contribution in [0.25, 0.3) is 17.0 Å². The second kappa shape index (κ2) is 8.17. The molecule has 1 aliphatic heterocycles. The van der Waals surface area contributed by atoms with E-state index in [1.807, 2.05) is 0 Å². The summed E-state index contributed by atoms with van der Waals surface area (Å²) in [5.74, 6) is 0.109. The Balaban J connectivity index is 1.53. The van der Waals surface area contributed by atoms with Crippen LogP contribution in [0.2, 0.25) is 0 Å². The van der Waals surface area contributed by atoms with Crippen molar-refractivity contribution in [3.05, 3.63) is 64.7 Å². The predicted molar refractivity (Wildman–Crippen MR) is 126 cm³/mol. The fourth-order valence-electron chi connectivity index (χ4n) is 4.28. The Morgan fingerprint density at radius 2 is 2.06 bits per heavy atom. The van der Waals surface area contributed by atoms with Gasteiger partial charge in [0, 0.05) is 19.3 Å². The molecule has 4 bridgehead atoms. The van der Waals surface area contributed by atoms with Crippen LogP contribution in [-0.4, -0.2) is 49.3 Å². The minimum atomic E-state index is -0.499. The molecule has 4 aromatic heterocycles. The van der Waals surface area contributed by atoms with E-state index in [4.69, 9.17) is 4.74 Å². The number of hydrogen-bond donors (Lipinski definition) is 3. The van der Waals surface area contributed by atoms with Crippen LogP contribution in [0.1, 0.15) is 18.4 Å². The Hall–Kier alpha value is -4.32. The molecule has 2 atom stereocenters. The number of anilines is 3. The number of nitrogens with one attached hydrogen (secondary N) is 3. The van der Waals surface area contributed by atoms with Gasteiger partial charge in [0.25, 0.3) is 5.56 Å². The van der Waals surface area contributed by atoms with E-state index < -0.39 is 11.4 Å². The van der Waals surface area contributed by atoms with Crippen molar-refractivity contribution in [1.82, 2.24) is 29.4 Å². The van der Waals surface area contributed by atoms with Crippen molar-refractivity contribution in [2.45, 2.75) is 31.6 Å². The number of imidazole rings is 1. The standard InChI is InChI=1S/C23H21FN8O3/c1-25-15-7-18-28-16-6-12(9-31(22(16)33)19-5-2-13(24)8-26-19)10-35-17-4-3-14(17)29-23(34)32-11-27-20(15)21(32)30-18/h2,5-9,11,14,17H,3-4,10H2,1H3,(H,29,34)(H2,25,28,30)/t14-,17-/m1/s1. The average Bonchev–Trinajstić information content (AvgIpc) is 3.27. The van der Waals surface area contributed by atoms with E-state index in [2.05, 4.69) is 30.9 Å². The summed E-state index contributed by atoms with van der Waals surface area (Å²) >= 11 is 0. The van der Waals surface area contributed by atoms with Crippen molar-refractivity contribution in [2.24, 2.45) is 0 Å². The van der Waals surface area contributed by atoms with Crippen LogP contribution in [-0.2, 0) is 11.3 Å². The SMILES string of the molecule is CNc1cc2nc3c1ncn3C(=O)N[C@@H]1CC[C@H]1OCc1cc(c(=O)n(-c3ccc(F)cn3)c1)N2. The Kier molecular flexibility index (Phi) is 4.95. The van der Waals surface area contributed by atoms with Crippen LogP contribution >= 0.6 is 0 Å². The average molecular weight is 476 g/mol. The number of nitrogens with zero attached hydrogens (tertiary/aromatic N) is 5. The molecule has 35 heavy (non-hydrogen) atoms. The molecule has 11 nitrogen and oxygen atoms in total. The molecule has 0 saturated heterocycles. The molecule has 2 aliphatic rings. The first-order valence-corrected chi connectivity index (χ1v) is 11.1. The van der Waals surface area contributed by atoms with E-state index in [9.17, 15) is 14.0 Å². The quantitative estimate of drug-likeness (QED) is 0.403. The molecule has 3 N–H and O–H groups in total. The molecule has 5 heterocycles. The smallest absolute Gasteiger partial charge is 0.328 e. The van der Waals surface area contributed by atoms with Gasteiger partial charge in [0.1, 0.15) is 35.0 Å². The first-order valence-electron chi connectivity index (χ1n) is 11.1. The number of halogens is 1. The molecule has 0 aromatic carbocycles. The van der Waals surface area contributed by atoms with Crippen LogP contribution in [0.4, 0.5) is 26.4 Å². The van der Waals surface area contributed by atoms with Gasteiger partial charge in [0.2, 0.25) is 0 Å². The Morgan fingerprint density at radius 3 is 2.80 bits per heavy atom. The first-order chi connectivity index (χ1) is 17.0. The summed E-state index contributed by atoms with van der Waals surface area (Å²) in [5.41, 5.74) is 2.01. The number of hydrogen-bond acceptors (Lipinski definition) is 8. The molecule has 6 rings (SSSR count). The van der Waals surface area contributed by atoms with Crippen LogP contribution < -0.4 is 21.5 Å².